The van der Waals surface area contributed by atoms with Crippen LogP contribution in [0.3, 0.4) is 0 Å². The normalized spacial score (nSPS) is 20.3. The quantitative estimate of drug-likeness (QED) is 0.608. The molecular formula is C15H19NO6S. The Bertz CT molecular complexity index is 606. The predicted octanol–water partition coefficient (Wildman–Crippen LogP) is 1.12. The van der Waals surface area contributed by atoms with Gasteiger partial charge in [0.15, 0.2) is 5.54 Å². The first-order chi connectivity index (χ1) is 11.0. The Morgan fingerprint density at radius 1 is 1.39 bits per heavy atom. The Morgan fingerprint density at radius 3 is 2.78 bits per heavy atom. The van der Waals surface area contributed by atoms with Gasteiger partial charge in [0.25, 0.3) is 0 Å². The minimum absolute atomic E-state index is 0.0142. The van der Waals surface area contributed by atoms with E-state index in [2.05, 4.69) is 4.99 Å². The van der Waals surface area contributed by atoms with Crippen LogP contribution in [0.5, 0.6) is 11.5 Å². The fourth-order valence-corrected chi connectivity index (χ4v) is 3.11. The fraction of sp³-hybridized carbons (Fsp3) is 0.467. The van der Waals surface area contributed by atoms with E-state index >= 15 is 0 Å². The number of aliphatic carboxylic acids is 1. The Hall–Kier alpha value is -1.77. The molecule has 1 aliphatic rings. The first-order valence-electron chi connectivity index (χ1n) is 7.07. The maximum Gasteiger partial charge on any atom is 0.332 e. The lowest BCUT2D eigenvalue weighted by atomic mass is 10.1. The van der Waals surface area contributed by atoms with Gasteiger partial charge in [-0.05, 0) is 19.1 Å². The number of thioether (sulfide) groups is 1. The molecule has 8 heteroatoms. The van der Waals surface area contributed by atoms with E-state index < -0.39 is 11.5 Å². The number of phenols is 1. The van der Waals surface area contributed by atoms with Gasteiger partial charge in [-0.1, -0.05) is 0 Å². The van der Waals surface area contributed by atoms with Crippen LogP contribution in [0, 0.1) is 0 Å². The van der Waals surface area contributed by atoms with Crippen LogP contribution in [0.2, 0.25) is 0 Å². The highest BCUT2D eigenvalue weighted by atomic mass is 32.2. The van der Waals surface area contributed by atoms with Gasteiger partial charge < -0.3 is 24.8 Å². The van der Waals surface area contributed by atoms with Crippen molar-refractivity contribution in [1.82, 2.24) is 0 Å². The van der Waals surface area contributed by atoms with Crippen molar-refractivity contribution >= 4 is 22.8 Å². The summed E-state index contributed by atoms with van der Waals surface area (Å²) in [6, 6.07) is 4.79. The van der Waals surface area contributed by atoms with Crippen LogP contribution in [0.15, 0.2) is 23.2 Å². The topological polar surface area (TPSA) is 109 Å². The number of benzene rings is 1. The zero-order valence-electron chi connectivity index (χ0n) is 12.7. The Kier molecular flexibility index (Phi) is 5.86. The number of aromatic hydroxyl groups is 1. The number of phenolic OH excluding ortho intramolecular Hbond substituents is 1. The SMILES string of the molecule is C[C@]1(C(=O)O)CSC(c2ccc(OCCOCCO)cc2O)=N1. The molecule has 0 radical (unpaired) electrons. The first-order valence-corrected chi connectivity index (χ1v) is 8.05. The van der Waals surface area contributed by atoms with Crippen molar-refractivity contribution in [2.75, 3.05) is 32.2 Å². The van der Waals surface area contributed by atoms with E-state index in [-0.39, 0.29) is 19.0 Å². The second-order valence-corrected chi connectivity index (χ2v) is 6.11. The van der Waals surface area contributed by atoms with Crippen LogP contribution in [0.25, 0.3) is 0 Å². The number of aliphatic imine (C=N–C) groups is 1. The third-order valence-electron chi connectivity index (χ3n) is 3.23. The summed E-state index contributed by atoms with van der Waals surface area (Å²) in [6.07, 6.45) is 0. The highest BCUT2D eigenvalue weighted by Crippen LogP contribution is 2.35. The van der Waals surface area contributed by atoms with Crippen molar-refractivity contribution in [2.45, 2.75) is 12.5 Å². The van der Waals surface area contributed by atoms with Crippen LogP contribution in [0.4, 0.5) is 0 Å². The lowest BCUT2D eigenvalue weighted by Crippen LogP contribution is -2.33. The molecule has 0 spiro atoms. The zero-order chi connectivity index (χ0) is 16.9. The molecule has 0 bridgehead atoms. The summed E-state index contributed by atoms with van der Waals surface area (Å²) in [5.41, 5.74) is -0.671. The number of aliphatic hydroxyl groups is 1. The van der Waals surface area contributed by atoms with Crippen molar-refractivity contribution < 1.29 is 29.6 Å². The highest BCUT2D eigenvalue weighted by Gasteiger charge is 2.38. The monoisotopic (exact) mass is 341 g/mol. The number of carbonyl (C=O) groups is 1. The van der Waals surface area contributed by atoms with E-state index in [9.17, 15) is 15.0 Å². The molecular weight excluding hydrogens is 322 g/mol. The highest BCUT2D eigenvalue weighted by molar-refractivity contribution is 8.14. The molecule has 0 aromatic heterocycles. The van der Waals surface area contributed by atoms with Gasteiger partial charge in [0.1, 0.15) is 23.1 Å². The molecule has 1 aromatic carbocycles. The number of ether oxygens (including phenoxy) is 2. The van der Waals surface area contributed by atoms with E-state index in [4.69, 9.17) is 14.6 Å². The average Bonchev–Trinajstić information content (AvgIpc) is 2.91. The lowest BCUT2D eigenvalue weighted by molar-refractivity contribution is -0.141. The van der Waals surface area contributed by atoms with Gasteiger partial charge in [0.2, 0.25) is 0 Å². The molecule has 1 atom stereocenters. The van der Waals surface area contributed by atoms with Crippen LogP contribution >= 0.6 is 11.8 Å². The molecule has 0 aliphatic carbocycles. The molecule has 23 heavy (non-hydrogen) atoms. The van der Waals surface area contributed by atoms with Gasteiger partial charge in [-0.25, -0.2) is 4.79 Å². The van der Waals surface area contributed by atoms with E-state index in [1.807, 2.05) is 0 Å². The van der Waals surface area contributed by atoms with Crippen molar-refractivity contribution in [3.8, 4) is 11.5 Å². The molecule has 0 amide bonds. The van der Waals surface area contributed by atoms with Gasteiger partial charge in [-0.3, -0.25) is 4.99 Å². The summed E-state index contributed by atoms with van der Waals surface area (Å²) in [5, 5.41) is 28.4. The largest absolute Gasteiger partial charge is 0.507 e. The van der Waals surface area contributed by atoms with Crippen LogP contribution < -0.4 is 4.74 Å². The minimum atomic E-state index is -1.16. The van der Waals surface area contributed by atoms with Crippen molar-refractivity contribution in [3.05, 3.63) is 23.8 Å². The van der Waals surface area contributed by atoms with Crippen LogP contribution in [-0.2, 0) is 9.53 Å². The summed E-state index contributed by atoms with van der Waals surface area (Å²) in [4.78, 5) is 15.4. The van der Waals surface area contributed by atoms with Gasteiger partial charge in [-0.15, -0.1) is 11.8 Å². The second-order valence-electron chi connectivity index (χ2n) is 5.15. The maximum atomic E-state index is 11.2. The average molecular weight is 341 g/mol. The predicted molar refractivity (Wildman–Crippen MR) is 86.5 cm³/mol. The van der Waals surface area contributed by atoms with Crippen molar-refractivity contribution in [1.29, 1.82) is 0 Å². The van der Waals surface area contributed by atoms with Gasteiger partial charge >= 0.3 is 5.97 Å². The maximum absolute atomic E-state index is 11.2. The number of hydrogen-bond donors (Lipinski definition) is 3. The molecule has 3 N–H and O–H groups in total. The summed E-state index contributed by atoms with van der Waals surface area (Å²) >= 11 is 1.30. The third-order valence-corrected chi connectivity index (χ3v) is 4.52. The van der Waals surface area contributed by atoms with Gasteiger partial charge in [-0.2, -0.15) is 0 Å². The smallest absolute Gasteiger partial charge is 0.332 e. The van der Waals surface area contributed by atoms with E-state index in [0.29, 0.717) is 35.3 Å². The van der Waals surface area contributed by atoms with Gasteiger partial charge in [0, 0.05) is 17.4 Å². The van der Waals surface area contributed by atoms with E-state index in [0.717, 1.165) is 0 Å². The Morgan fingerprint density at radius 2 is 2.17 bits per heavy atom. The molecule has 0 fully saturated rings. The summed E-state index contributed by atoms with van der Waals surface area (Å²) < 4.78 is 10.5. The third kappa shape index (κ3) is 4.37. The van der Waals surface area contributed by atoms with E-state index in [1.54, 1.807) is 19.1 Å². The molecule has 7 nitrogen and oxygen atoms in total. The molecule has 1 heterocycles. The van der Waals surface area contributed by atoms with Crippen LogP contribution in [0.1, 0.15) is 12.5 Å². The number of hydrogen-bond acceptors (Lipinski definition) is 7. The number of nitrogens with zero attached hydrogens (tertiary/aromatic N) is 1. The van der Waals surface area contributed by atoms with Crippen molar-refractivity contribution in [2.24, 2.45) is 4.99 Å². The Balaban J connectivity index is 2.01. The number of aliphatic hydroxyl groups excluding tert-OH is 1. The first kappa shape index (κ1) is 17.6. The zero-order valence-corrected chi connectivity index (χ0v) is 13.5. The summed E-state index contributed by atoms with van der Waals surface area (Å²) in [7, 11) is 0. The molecule has 126 valence electrons. The van der Waals surface area contributed by atoms with Crippen LogP contribution in [-0.4, -0.2) is 64.1 Å². The summed E-state index contributed by atoms with van der Waals surface area (Å²) in [5.74, 6) is -0.192. The summed E-state index contributed by atoms with van der Waals surface area (Å²) in [6.45, 7) is 2.40. The second kappa shape index (κ2) is 7.67. The minimum Gasteiger partial charge on any atom is -0.507 e. The van der Waals surface area contributed by atoms with Gasteiger partial charge in [0.05, 0.1) is 19.8 Å². The van der Waals surface area contributed by atoms with E-state index in [1.165, 1.54) is 17.8 Å². The number of rotatable bonds is 8. The standard InChI is InChI=1S/C15H19NO6S/c1-15(14(19)20)9-23-13(16-15)11-3-2-10(8-12(11)18)22-7-6-21-5-4-17/h2-3,8,17-18H,4-7,9H2,1H3,(H,19,20)/t15-/m1/s1. The molecule has 1 aliphatic heterocycles. The molecule has 1 aromatic rings. The number of carboxylic acid groups (broad SMARTS) is 1. The molecule has 0 saturated heterocycles. The molecule has 0 unspecified atom stereocenters. The van der Waals surface area contributed by atoms with Crippen molar-refractivity contribution in [3.63, 3.8) is 0 Å². The Labute approximate surface area is 137 Å². The lowest BCUT2D eigenvalue weighted by Gasteiger charge is -2.11. The number of carboxylic acids is 1. The molecule has 2 rings (SSSR count). The fourth-order valence-electron chi connectivity index (χ4n) is 1.91. The molecule has 0 saturated carbocycles.